The maximum atomic E-state index is 14.0. The van der Waals surface area contributed by atoms with E-state index in [-0.39, 0.29) is 13.2 Å². The molecule has 0 aromatic heterocycles. The average molecular weight is 681 g/mol. The van der Waals surface area contributed by atoms with Gasteiger partial charge < -0.3 is 28.4 Å². The summed E-state index contributed by atoms with van der Waals surface area (Å²) in [5.41, 5.74) is 1.29. The molecule has 2 aromatic rings. The predicted molar refractivity (Wildman–Crippen MR) is 159 cm³/mol. The lowest BCUT2D eigenvalue weighted by molar-refractivity contribution is -0.309. The number of ether oxygens (including phenoxy) is 6. The van der Waals surface area contributed by atoms with Gasteiger partial charge in [0.05, 0.1) is 19.8 Å². The second-order valence-electron chi connectivity index (χ2n) is 10.2. The molecule has 0 spiro atoms. The van der Waals surface area contributed by atoms with Crippen molar-refractivity contribution in [2.24, 2.45) is 0 Å². The normalized spacial score (nSPS) is 21.5. The fraction of sp³-hybridized carbons (Fsp3) is 0.452. The molecule has 0 aliphatic carbocycles. The highest BCUT2D eigenvalue weighted by Gasteiger charge is 2.56. The van der Waals surface area contributed by atoms with Gasteiger partial charge in [-0.15, -0.1) is 0 Å². The van der Waals surface area contributed by atoms with Gasteiger partial charge in [-0.2, -0.15) is 0 Å². The third-order valence-corrected chi connectivity index (χ3v) is 7.62. The third kappa shape index (κ3) is 12.2. The van der Waals surface area contributed by atoms with E-state index in [1.807, 2.05) is 0 Å². The first-order valence-electron chi connectivity index (χ1n) is 14.4. The summed E-state index contributed by atoms with van der Waals surface area (Å²) >= 11 is 0. The Kier molecular flexibility index (Phi) is 14.0. The van der Waals surface area contributed by atoms with E-state index in [9.17, 15) is 28.5 Å². The van der Waals surface area contributed by atoms with Gasteiger partial charge in [0.25, 0.3) is 0 Å². The van der Waals surface area contributed by atoms with Gasteiger partial charge in [-0.3, -0.25) is 37.5 Å². The molecule has 0 saturated carbocycles. The van der Waals surface area contributed by atoms with Gasteiger partial charge >= 0.3 is 37.7 Å². The van der Waals surface area contributed by atoms with Crippen LogP contribution in [0.4, 0.5) is 0 Å². The van der Waals surface area contributed by atoms with Crippen LogP contribution in [-0.4, -0.2) is 73.3 Å². The molecule has 0 amide bonds. The van der Waals surface area contributed by atoms with E-state index in [0.717, 1.165) is 34.6 Å². The van der Waals surface area contributed by atoms with Gasteiger partial charge in [0.15, 0.2) is 18.3 Å². The summed E-state index contributed by atoms with van der Waals surface area (Å²) in [6.45, 7) is 4.10. The lowest BCUT2D eigenvalue weighted by Crippen LogP contribution is -2.65. The van der Waals surface area contributed by atoms with Crippen molar-refractivity contribution in [2.75, 3.05) is 6.61 Å². The molecule has 1 heterocycles. The first-order valence-corrected chi connectivity index (χ1v) is 15.9. The monoisotopic (exact) mass is 680 g/mol. The molecule has 47 heavy (non-hydrogen) atoms. The zero-order valence-electron chi connectivity index (χ0n) is 26.4. The SMILES string of the molecule is CC(=O)OC1OC([C@@H](COP(=O)(OCc2ccccc2)OCc2ccccc2)OC(C)=O)C(OC(C)=O)C(OC(C)=O)C1OC(C)=O. The molecule has 1 fully saturated rings. The molecule has 0 N–H and O–H groups in total. The highest BCUT2D eigenvalue weighted by molar-refractivity contribution is 7.48. The molecule has 1 aliphatic heterocycles. The van der Waals surface area contributed by atoms with Gasteiger partial charge in [0.2, 0.25) is 12.4 Å². The second-order valence-corrected chi connectivity index (χ2v) is 11.9. The van der Waals surface area contributed by atoms with Crippen molar-refractivity contribution in [1.29, 1.82) is 0 Å². The van der Waals surface area contributed by atoms with Crippen LogP contribution in [0.15, 0.2) is 60.7 Å². The van der Waals surface area contributed by atoms with Crippen molar-refractivity contribution in [3.8, 4) is 0 Å². The van der Waals surface area contributed by atoms with E-state index in [2.05, 4.69) is 0 Å². The van der Waals surface area contributed by atoms with E-state index < -0.39 is 81.1 Å². The molecule has 5 unspecified atom stereocenters. The number of phosphoric acid groups is 1. The van der Waals surface area contributed by atoms with Crippen molar-refractivity contribution < 1.29 is 70.5 Å². The summed E-state index contributed by atoms with van der Waals surface area (Å²) in [7, 11) is -4.45. The summed E-state index contributed by atoms with van der Waals surface area (Å²) in [4.78, 5) is 60.7. The average Bonchev–Trinajstić information content (AvgIpc) is 3.00. The van der Waals surface area contributed by atoms with E-state index >= 15 is 0 Å². The van der Waals surface area contributed by atoms with E-state index in [1.165, 1.54) is 0 Å². The number of hydrogen-bond acceptors (Lipinski definition) is 15. The third-order valence-electron chi connectivity index (χ3n) is 6.26. The van der Waals surface area contributed by atoms with Crippen LogP contribution in [0, 0.1) is 0 Å². The zero-order chi connectivity index (χ0) is 34.6. The van der Waals surface area contributed by atoms with Crippen LogP contribution in [-0.2, 0) is 83.7 Å². The van der Waals surface area contributed by atoms with Gasteiger partial charge in [0.1, 0.15) is 6.10 Å². The standard InChI is InChI=1S/C31H37O15P/c1-19(32)41-26(18-40-47(37,38-16-24-12-8-6-9-13-24)39-17-25-14-10-7-11-15-25)27-28(42-20(2)33)29(43-21(3)34)30(44-22(4)35)31(46-27)45-23(5)36/h6-15,26-31H,16-18H2,1-5H3/t26-,27?,28?,29?,30?,31?/m1/s1. The summed E-state index contributed by atoms with van der Waals surface area (Å²) < 4.78 is 63.6. The van der Waals surface area contributed by atoms with Crippen molar-refractivity contribution in [1.82, 2.24) is 0 Å². The number of carbonyl (C=O) groups excluding carboxylic acids is 5. The minimum Gasteiger partial charge on any atom is -0.457 e. The van der Waals surface area contributed by atoms with Crippen LogP contribution >= 0.6 is 7.82 Å². The first kappa shape index (κ1) is 37.3. The van der Waals surface area contributed by atoms with Gasteiger partial charge in [-0.1, -0.05) is 60.7 Å². The number of hydrogen-bond donors (Lipinski definition) is 0. The molecule has 0 radical (unpaired) electrons. The van der Waals surface area contributed by atoms with Crippen LogP contribution in [0.5, 0.6) is 0 Å². The van der Waals surface area contributed by atoms with Gasteiger partial charge in [-0.25, -0.2) is 4.57 Å². The molecule has 1 aliphatic rings. The Balaban J connectivity index is 1.98. The largest absolute Gasteiger partial charge is 0.475 e. The molecule has 3 rings (SSSR count). The number of phosphoric ester groups is 1. The van der Waals surface area contributed by atoms with Crippen molar-refractivity contribution in [2.45, 2.75) is 84.6 Å². The van der Waals surface area contributed by atoms with Gasteiger partial charge in [0, 0.05) is 34.6 Å². The fourth-order valence-corrected chi connectivity index (χ4v) is 5.67. The van der Waals surface area contributed by atoms with Crippen molar-refractivity contribution >= 4 is 37.7 Å². The van der Waals surface area contributed by atoms with Crippen LogP contribution in [0.3, 0.4) is 0 Å². The Hall–Kier alpha value is -4.14. The molecule has 2 aromatic carbocycles. The highest BCUT2D eigenvalue weighted by atomic mass is 31.2. The quantitative estimate of drug-likeness (QED) is 0.151. The maximum absolute atomic E-state index is 14.0. The minimum absolute atomic E-state index is 0.186. The number of benzene rings is 2. The van der Waals surface area contributed by atoms with E-state index in [4.69, 9.17) is 42.0 Å². The Morgan fingerprint density at radius 1 is 0.617 bits per heavy atom. The Morgan fingerprint density at radius 2 is 1.06 bits per heavy atom. The Labute approximate surface area is 271 Å². The molecule has 1 saturated heterocycles. The van der Waals surface area contributed by atoms with Crippen molar-refractivity contribution in [3.63, 3.8) is 0 Å². The molecule has 15 nitrogen and oxygen atoms in total. The number of carbonyl (C=O) groups is 5. The number of esters is 5. The second kappa shape index (κ2) is 17.7. The van der Waals surface area contributed by atoms with Crippen LogP contribution in [0.1, 0.15) is 45.7 Å². The predicted octanol–water partition coefficient (Wildman–Crippen LogP) is 3.56. The lowest BCUT2D eigenvalue weighted by Gasteiger charge is -2.45. The summed E-state index contributed by atoms with van der Waals surface area (Å²) in [5.74, 6) is -4.41. The molecular formula is C31H37O15P. The topological polar surface area (TPSA) is 185 Å². The molecule has 256 valence electrons. The summed E-state index contributed by atoms with van der Waals surface area (Å²) in [6.07, 6.45) is -9.81. The van der Waals surface area contributed by atoms with Gasteiger partial charge in [-0.05, 0) is 11.1 Å². The molecule has 6 atom stereocenters. The van der Waals surface area contributed by atoms with Crippen LogP contribution in [0.25, 0.3) is 0 Å². The summed E-state index contributed by atoms with van der Waals surface area (Å²) in [5, 5.41) is 0. The molecular weight excluding hydrogens is 643 g/mol. The zero-order valence-corrected chi connectivity index (χ0v) is 27.3. The summed E-state index contributed by atoms with van der Waals surface area (Å²) in [6, 6.07) is 17.5. The molecule has 16 heteroatoms. The minimum atomic E-state index is -4.45. The Bertz CT molecular complexity index is 1370. The van der Waals surface area contributed by atoms with Crippen molar-refractivity contribution in [3.05, 3.63) is 71.8 Å². The fourth-order valence-electron chi connectivity index (χ4n) is 4.50. The van der Waals surface area contributed by atoms with Crippen LogP contribution < -0.4 is 0 Å². The first-order chi connectivity index (χ1) is 22.3. The lowest BCUT2D eigenvalue weighted by atomic mass is 9.94. The van der Waals surface area contributed by atoms with E-state index in [0.29, 0.717) is 11.1 Å². The number of rotatable bonds is 15. The molecule has 0 bridgehead atoms. The van der Waals surface area contributed by atoms with Crippen LogP contribution in [0.2, 0.25) is 0 Å². The van der Waals surface area contributed by atoms with E-state index in [1.54, 1.807) is 60.7 Å². The Morgan fingerprint density at radius 3 is 1.51 bits per heavy atom. The smallest absolute Gasteiger partial charge is 0.457 e. The maximum Gasteiger partial charge on any atom is 0.475 e. The highest BCUT2D eigenvalue weighted by Crippen LogP contribution is 2.51.